The second-order valence-electron chi connectivity index (χ2n) is 5.31. The molecule has 1 saturated heterocycles. The summed E-state index contributed by atoms with van der Waals surface area (Å²) < 4.78 is 1.08. The van der Waals surface area contributed by atoms with Crippen molar-refractivity contribution in [3.8, 4) is 0 Å². The average Bonchev–Trinajstić information content (AvgIpc) is 2.75. The maximum atomic E-state index is 12.7. The molecule has 1 aliphatic heterocycles. The van der Waals surface area contributed by atoms with Crippen LogP contribution >= 0.6 is 23.1 Å². The van der Waals surface area contributed by atoms with Gasteiger partial charge in [-0.1, -0.05) is 32.0 Å². The van der Waals surface area contributed by atoms with Gasteiger partial charge in [-0.3, -0.25) is 4.79 Å². The van der Waals surface area contributed by atoms with Gasteiger partial charge in [0.15, 0.2) is 0 Å². The molecule has 0 bridgehead atoms. The van der Waals surface area contributed by atoms with Crippen LogP contribution in [-0.4, -0.2) is 34.4 Å². The number of benzene rings is 1. The number of thiophene rings is 1. The van der Waals surface area contributed by atoms with Gasteiger partial charge in [0.05, 0.1) is 5.69 Å². The van der Waals surface area contributed by atoms with Crippen LogP contribution in [0.15, 0.2) is 24.3 Å². The molecule has 0 radical (unpaired) electrons. The van der Waals surface area contributed by atoms with E-state index in [1.807, 2.05) is 40.9 Å². The highest BCUT2D eigenvalue weighted by atomic mass is 32.2. The van der Waals surface area contributed by atoms with Crippen LogP contribution in [0, 0.1) is 0 Å². The maximum Gasteiger partial charge on any atom is 0.266 e. The smallest absolute Gasteiger partial charge is 0.266 e. The van der Waals surface area contributed by atoms with E-state index in [-0.39, 0.29) is 5.91 Å². The minimum Gasteiger partial charge on any atom is -0.397 e. The van der Waals surface area contributed by atoms with Gasteiger partial charge in [-0.05, 0) is 6.07 Å². The van der Waals surface area contributed by atoms with Crippen LogP contribution in [0.4, 0.5) is 5.69 Å². The lowest BCUT2D eigenvalue weighted by Crippen LogP contribution is -2.43. The van der Waals surface area contributed by atoms with Crippen molar-refractivity contribution in [2.45, 2.75) is 24.3 Å². The number of amides is 1. The molecule has 2 atom stereocenters. The third-order valence-corrected chi connectivity index (χ3v) is 5.94. The molecule has 2 N–H and O–H groups in total. The number of thioether (sulfide) groups is 1. The van der Waals surface area contributed by atoms with Gasteiger partial charge in [-0.15, -0.1) is 11.3 Å². The normalized spacial score (nSPS) is 23.2. The molecular weight excluding hydrogens is 288 g/mol. The largest absolute Gasteiger partial charge is 0.397 e. The fraction of sp³-hybridized carbons (Fsp3) is 0.400. The van der Waals surface area contributed by atoms with Crippen molar-refractivity contribution in [1.82, 2.24) is 4.90 Å². The second-order valence-corrected chi connectivity index (χ2v) is 8.24. The van der Waals surface area contributed by atoms with Gasteiger partial charge in [-0.2, -0.15) is 11.8 Å². The molecule has 20 heavy (non-hydrogen) atoms. The van der Waals surface area contributed by atoms with Gasteiger partial charge in [0.25, 0.3) is 5.91 Å². The van der Waals surface area contributed by atoms with Gasteiger partial charge >= 0.3 is 0 Å². The molecule has 1 aromatic heterocycles. The molecule has 2 unspecified atom stereocenters. The summed E-state index contributed by atoms with van der Waals surface area (Å²) in [7, 11) is 0. The summed E-state index contributed by atoms with van der Waals surface area (Å²) in [4.78, 5) is 15.4. The number of fused-ring (bicyclic) bond motifs is 1. The Morgan fingerprint density at radius 1 is 1.25 bits per heavy atom. The zero-order valence-corrected chi connectivity index (χ0v) is 13.3. The fourth-order valence-electron chi connectivity index (χ4n) is 2.71. The summed E-state index contributed by atoms with van der Waals surface area (Å²) in [5.41, 5.74) is 6.81. The zero-order chi connectivity index (χ0) is 14.3. The molecule has 106 valence electrons. The molecule has 1 amide bonds. The number of carbonyl (C=O) groups excluding carboxylic acids is 1. The molecule has 3 rings (SSSR count). The highest BCUT2D eigenvalue weighted by molar-refractivity contribution is 8.00. The zero-order valence-electron chi connectivity index (χ0n) is 11.6. The number of nitrogens with two attached hydrogens (primary N) is 1. The molecule has 0 spiro atoms. The third-order valence-electron chi connectivity index (χ3n) is 3.53. The lowest BCUT2D eigenvalue weighted by molar-refractivity contribution is 0.0759. The van der Waals surface area contributed by atoms with E-state index >= 15 is 0 Å². The molecular formula is C15H18N2OS2. The van der Waals surface area contributed by atoms with Crippen molar-refractivity contribution in [2.75, 3.05) is 18.8 Å². The van der Waals surface area contributed by atoms with Crippen LogP contribution < -0.4 is 5.73 Å². The Balaban J connectivity index is 1.94. The Bertz CT molecular complexity index is 642. The first-order valence-electron chi connectivity index (χ1n) is 6.78. The third kappa shape index (κ3) is 2.40. The van der Waals surface area contributed by atoms with Crippen LogP contribution in [0.2, 0.25) is 0 Å². The van der Waals surface area contributed by atoms with Crippen molar-refractivity contribution in [3.05, 3.63) is 29.1 Å². The molecule has 1 aromatic carbocycles. The monoisotopic (exact) mass is 306 g/mol. The average molecular weight is 306 g/mol. The molecule has 3 nitrogen and oxygen atoms in total. The van der Waals surface area contributed by atoms with Crippen molar-refractivity contribution in [2.24, 2.45) is 0 Å². The van der Waals surface area contributed by atoms with E-state index in [1.165, 1.54) is 11.3 Å². The number of anilines is 1. The van der Waals surface area contributed by atoms with Gasteiger partial charge in [-0.25, -0.2) is 0 Å². The van der Waals surface area contributed by atoms with E-state index in [2.05, 4.69) is 13.8 Å². The van der Waals surface area contributed by atoms with Crippen LogP contribution in [-0.2, 0) is 0 Å². The predicted octanol–water partition coefficient (Wildman–Crippen LogP) is 3.45. The minimum atomic E-state index is 0.0858. The molecule has 0 saturated carbocycles. The first-order valence-corrected chi connectivity index (χ1v) is 8.54. The SMILES string of the molecule is CC1CN(C(=O)c2sc3ccccc3c2N)CC(C)S1. The number of nitrogen functional groups attached to an aromatic ring is 1. The number of carbonyl (C=O) groups is 1. The van der Waals surface area contributed by atoms with Crippen LogP contribution in [0.5, 0.6) is 0 Å². The lowest BCUT2D eigenvalue weighted by Gasteiger charge is -2.34. The Morgan fingerprint density at radius 3 is 2.55 bits per heavy atom. The molecule has 2 aromatic rings. The Labute approximate surface area is 127 Å². The quantitative estimate of drug-likeness (QED) is 0.878. The molecule has 5 heteroatoms. The summed E-state index contributed by atoms with van der Waals surface area (Å²) in [5, 5.41) is 1.96. The Kier molecular flexibility index (Phi) is 3.65. The number of hydrogen-bond donors (Lipinski definition) is 1. The van der Waals surface area contributed by atoms with Crippen molar-refractivity contribution >= 4 is 44.8 Å². The van der Waals surface area contributed by atoms with Crippen LogP contribution in [0.1, 0.15) is 23.5 Å². The first kappa shape index (κ1) is 13.8. The number of nitrogens with zero attached hydrogens (tertiary/aromatic N) is 1. The molecule has 0 aliphatic carbocycles. The van der Waals surface area contributed by atoms with Crippen molar-refractivity contribution in [3.63, 3.8) is 0 Å². The predicted molar refractivity (Wildman–Crippen MR) is 88.7 cm³/mol. The highest BCUT2D eigenvalue weighted by Crippen LogP contribution is 2.35. The van der Waals surface area contributed by atoms with E-state index < -0.39 is 0 Å². The van der Waals surface area contributed by atoms with Crippen LogP contribution in [0.3, 0.4) is 0 Å². The Hall–Kier alpha value is -1.20. The number of rotatable bonds is 1. The second kappa shape index (κ2) is 5.30. The highest BCUT2D eigenvalue weighted by Gasteiger charge is 2.28. The summed E-state index contributed by atoms with van der Waals surface area (Å²) in [5.74, 6) is 0.0858. The maximum absolute atomic E-state index is 12.7. The van der Waals surface area contributed by atoms with E-state index in [0.29, 0.717) is 21.1 Å². The van der Waals surface area contributed by atoms with Gasteiger partial charge in [0.1, 0.15) is 4.88 Å². The van der Waals surface area contributed by atoms with E-state index in [4.69, 9.17) is 5.73 Å². The molecule has 2 heterocycles. The molecule has 1 aliphatic rings. The van der Waals surface area contributed by atoms with Gasteiger partial charge in [0.2, 0.25) is 0 Å². The lowest BCUT2D eigenvalue weighted by atomic mass is 10.2. The van der Waals surface area contributed by atoms with Gasteiger partial charge < -0.3 is 10.6 Å². The topological polar surface area (TPSA) is 46.3 Å². The number of hydrogen-bond acceptors (Lipinski definition) is 4. The van der Waals surface area contributed by atoms with Crippen LogP contribution in [0.25, 0.3) is 10.1 Å². The standard InChI is InChI=1S/C15H18N2OS2/c1-9-7-17(8-10(2)19-9)15(18)14-13(16)11-5-3-4-6-12(11)20-14/h3-6,9-10H,7-8,16H2,1-2H3. The summed E-state index contributed by atoms with van der Waals surface area (Å²) in [6, 6.07) is 7.94. The fourth-order valence-corrected chi connectivity index (χ4v) is 5.13. The first-order chi connectivity index (χ1) is 9.56. The van der Waals surface area contributed by atoms with E-state index in [1.54, 1.807) is 0 Å². The minimum absolute atomic E-state index is 0.0858. The summed E-state index contributed by atoms with van der Waals surface area (Å²) in [6.45, 7) is 5.97. The summed E-state index contributed by atoms with van der Waals surface area (Å²) in [6.07, 6.45) is 0. The van der Waals surface area contributed by atoms with Crippen molar-refractivity contribution in [1.29, 1.82) is 0 Å². The van der Waals surface area contributed by atoms with E-state index in [0.717, 1.165) is 23.2 Å². The van der Waals surface area contributed by atoms with Gasteiger partial charge in [0, 0.05) is 33.7 Å². The van der Waals surface area contributed by atoms with E-state index in [9.17, 15) is 4.79 Å². The summed E-state index contributed by atoms with van der Waals surface area (Å²) >= 11 is 3.45. The Morgan fingerprint density at radius 2 is 1.90 bits per heavy atom. The molecule has 1 fully saturated rings. The van der Waals surface area contributed by atoms with Crippen molar-refractivity contribution < 1.29 is 4.79 Å².